The minimum Gasteiger partial charge on any atom is -0.480 e. The van der Waals surface area contributed by atoms with Crippen molar-refractivity contribution in [2.45, 2.75) is 181 Å². The van der Waals surface area contributed by atoms with Crippen molar-refractivity contribution in [2.75, 3.05) is 0 Å². The summed E-state index contributed by atoms with van der Waals surface area (Å²) >= 11 is 0. The summed E-state index contributed by atoms with van der Waals surface area (Å²) in [6.07, 6.45) is 10.7. The second kappa shape index (κ2) is 26.1. The molecular formula is C49H66N4O12. The average Bonchev–Trinajstić information content (AvgIpc) is 3.65. The molecule has 65 heavy (non-hydrogen) atoms. The summed E-state index contributed by atoms with van der Waals surface area (Å²) < 4.78 is 12.7. The van der Waals surface area contributed by atoms with Crippen molar-refractivity contribution in [1.29, 1.82) is 0 Å². The van der Waals surface area contributed by atoms with Crippen molar-refractivity contribution in [2.24, 2.45) is 0 Å². The van der Waals surface area contributed by atoms with Crippen molar-refractivity contribution in [3.8, 4) is 17.1 Å². The van der Waals surface area contributed by atoms with Gasteiger partial charge < -0.3 is 34.9 Å². The number of esters is 2. The van der Waals surface area contributed by atoms with Crippen LogP contribution in [-0.4, -0.2) is 73.8 Å². The zero-order valence-corrected chi connectivity index (χ0v) is 38.3. The number of amides is 2. The van der Waals surface area contributed by atoms with Gasteiger partial charge in [-0.3, -0.25) is 28.8 Å². The number of carboxylic acids is 2. The van der Waals surface area contributed by atoms with Gasteiger partial charge in [0.05, 0.1) is 36.3 Å². The Labute approximate surface area is 380 Å². The van der Waals surface area contributed by atoms with Gasteiger partial charge in [0.2, 0.25) is 11.8 Å². The monoisotopic (exact) mass is 902 g/mol. The van der Waals surface area contributed by atoms with E-state index in [9.17, 15) is 48.6 Å². The molecule has 16 heteroatoms. The van der Waals surface area contributed by atoms with Crippen molar-refractivity contribution in [1.82, 2.24) is 20.2 Å². The molecule has 354 valence electrons. The van der Waals surface area contributed by atoms with Crippen molar-refractivity contribution in [3.05, 3.63) is 56.9 Å². The predicted octanol–water partition coefficient (Wildman–Crippen LogP) is 7.44. The number of aromatic nitrogens is 2. The maximum absolute atomic E-state index is 14.0. The first-order chi connectivity index (χ1) is 31.3. The van der Waals surface area contributed by atoms with Crippen molar-refractivity contribution in [3.63, 3.8) is 0 Å². The Hall–Kier alpha value is -5.93. The number of rotatable bonds is 30. The van der Waals surface area contributed by atoms with Crippen LogP contribution in [0.15, 0.2) is 29.1 Å². The van der Waals surface area contributed by atoms with Gasteiger partial charge in [0.1, 0.15) is 17.8 Å². The first kappa shape index (κ1) is 51.7. The average molecular weight is 903 g/mol. The number of aliphatic carboxylic acids is 2. The Morgan fingerprint density at radius 2 is 1.26 bits per heavy atom. The van der Waals surface area contributed by atoms with Crippen LogP contribution < -0.4 is 20.9 Å². The summed E-state index contributed by atoms with van der Waals surface area (Å²) in [6.45, 7) is 8.10. The van der Waals surface area contributed by atoms with E-state index >= 15 is 0 Å². The molecule has 0 saturated carbocycles. The van der Waals surface area contributed by atoms with E-state index in [1.54, 1.807) is 35.8 Å². The molecule has 2 amide bonds. The molecule has 3 heterocycles. The van der Waals surface area contributed by atoms with E-state index in [4.69, 9.17) is 14.5 Å². The fraction of sp³-hybridized carbons (Fsp3) is 0.571. The third-order valence-corrected chi connectivity index (χ3v) is 11.9. The Balaban J connectivity index is 1.43. The number of hydrogen-bond acceptors (Lipinski definition) is 11. The van der Waals surface area contributed by atoms with Gasteiger partial charge in [-0.1, -0.05) is 105 Å². The molecule has 0 fully saturated rings. The van der Waals surface area contributed by atoms with E-state index in [1.165, 1.54) is 0 Å². The molecule has 4 rings (SSSR count). The Bertz CT molecular complexity index is 2230. The minimum atomic E-state index is -1.46. The van der Waals surface area contributed by atoms with Gasteiger partial charge in [-0.05, 0) is 55.5 Å². The molecule has 0 spiro atoms. The highest BCUT2D eigenvalue weighted by Crippen LogP contribution is 2.38. The molecule has 4 N–H and O–H groups in total. The number of unbranched alkanes of at least 4 members (excludes halogenated alkanes) is 10. The molecule has 0 aliphatic carbocycles. The molecule has 16 nitrogen and oxygen atoms in total. The van der Waals surface area contributed by atoms with E-state index in [-0.39, 0.29) is 61.1 Å². The van der Waals surface area contributed by atoms with Crippen molar-refractivity contribution >= 4 is 52.9 Å². The number of ether oxygens (including phenoxy) is 2. The fourth-order valence-corrected chi connectivity index (χ4v) is 8.31. The zero-order chi connectivity index (χ0) is 47.5. The van der Waals surface area contributed by atoms with E-state index in [2.05, 4.69) is 24.5 Å². The van der Waals surface area contributed by atoms with Crippen LogP contribution in [-0.2, 0) is 57.7 Å². The third kappa shape index (κ3) is 14.8. The van der Waals surface area contributed by atoms with E-state index in [0.29, 0.717) is 54.3 Å². The number of nitrogens with one attached hydrogen (secondary N) is 2. The number of aldehydes is 1. The van der Waals surface area contributed by atoms with Crippen LogP contribution in [0, 0.1) is 0 Å². The van der Waals surface area contributed by atoms with Crippen LogP contribution in [0.5, 0.6) is 5.75 Å². The zero-order valence-electron chi connectivity index (χ0n) is 38.3. The van der Waals surface area contributed by atoms with Crippen molar-refractivity contribution < 1.29 is 53.2 Å². The number of fused-ring (bicyclic) bond motifs is 4. The van der Waals surface area contributed by atoms with Gasteiger partial charge in [-0.15, -0.1) is 0 Å². The first-order valence-electron chi connectivity index (χ1n) is 23.4. The lowest BCUT2D eigenvalue weighted by Crippen LogP contribution is -2.40. The summed E-state index contributed by atoms with van der Waals surface area (Å²) in [5.74, 6) is -4.79. The van der Waals surface area contributed by atoms with Crippen LogP contribution in [0.3, 0.4) is 0 Å². The summed E-state index contributed by atoms with van der Waals surface area (Å²) in [4.78, 5) is 106. The molecule has 0 saturated heterocycles. The Kier molecular flexibility index (Phi) is 20.8. The molecular weight excluding hydrogens is 837 g/mol. The lowest BCUT2D eigenvalue weighted by Gasteiger charge is -2.18. The van der Waals surface area contributed by atoms with Gasteiger partial charge in [0.25, 0.3) is 5.56 Å². The molecule has 0 bridgehead atoms. The molecule has 2 aromatic heterocycles. The SMILES string of the molecule is CCCCCCCCC(NC(=O)CCC(=O)Oc1ccc2nc3c(c(CC)c2c1)Cn1c-3cc(C(C=O)OC(=O)CCC(=O)NC(CCCCCCCC)C(=O)O)c(CC)c1=O)C(=O)O. The molecule has 3 unspecified atom stereocenters. The molecule has 1 aliphatic heterocycles. The molecule has 1 aromatic carbocycles. The Morgan fingerprint density at radius 3 is 1.78 bits per heavy atom. The number of carboxylic acid groups (broad SMARTS) is 2. The fourth-order valence-electron chi connectivity index (χ4n) is 8.31. The Morgan fingerprint density at radius 1 is 0.723 bits per heavy atom. The first-order valence-corrected chi connectivity index (χ1v) is 23.4. The summed E-state index contributed by atoms with van der Waals surface area (Å²) in [7, 11) is 0. The standard InChI is InChI=1S/C49H66N4O12/c1-5-9-11-13-15-17-19-38(48(60)61)50-42(55)23-25-44(57)64-31-21-22-37-34(27-31)32(7-3)36-29-53-40(46(36)52-37)28-35(33(8-4)47(53)59)41(30-54)65-45(58)26-24-43(56)51-39(49(62)63)20-18-16-14-12-10-6-2/h21-22,27-28,30,38-39,41H,5-20,23-26,29H2,1-4H3,(H,50,55)(H,51,56)(H,60,61)(H,62,63). The van der Waals surface area contributed by atoms with Gasteiger partial charge in [-0.25, -0.2) is 14.6 Å². The van der Waals surface area contributed by atoms with Gasteiger partial charge in [0.15, 0.2) is 12.4 Å². The maximum atomic E-state index is 14.0. The van der Waals surface area contributed by atoms with Crippen LogP contribution in [0.2, 0.25) is 0 Å². The number of aryl methyl sites for hydroxylation is 1. The number of carbonyl (C=O) groups is 7. The maximum Gasteiger partial charge on any atom is 0.326 e. The van der Waals surface area contributed by atoms with Crippen LogP contribution in [0.4, 0.5) is 0 Å². The number of carbonyl (C=O) groups excluding carboxylic acids is 5. The summed E-state index contributed by atoms with van der Waals surface area (Å²) in [5, 5.41) is 24.9. The molecule has 0 radical (unpaired) electrons. The lowest BCUT2D eigenvalue weighted by molar-refractivity contribution is -0.153. The summed E-state index contributed by atoms with van der Waals surface area (Å²) in [6, 6.07) is 4.42. The number of pyridine rings is 2. The number of benzene rings is 1. The van der Waals surface area contributed by atoms with E-state index in [0.717, 1.165) is 75.3 Å². The predicted molar refractivity (Wildman–Crippen MR) is 243 cm³/mol. The molecule has 3 atom stereocenters. The lowest BCUT2D eigenvalue weighted by atomic mass is 9.97. The highest BCUT2D eigenvalue weighted by atomic mass is 16.5. The van der Waals surface area contributed by atoms with E-state index < -0.39 is 60.3 Å². The largest absolute Gasteiger partial charge is 0.480 e. The van der Waals surface area contributed by atoms with Crippen LogP contribution >= 0.6 is 0 Å². The second-order valence-corrected chi connectivity index (χ2v) is 16.7. The third-order valence-electron chi connectivity index (χ3n) is 11.9. The van der Waals surface area contributed by atoms with E-state index in [1.807, 2.05) is 6.92 Å². The smallest absolute Gasteiger partial charge is 0.326 e. The minimum absolute atomic E-state index is 0.176. The van der Waals surface area contributed by atoms with Gasteiger partial charge >= 0.3 is 23.9 Å². The molecule has 3 aromatic rings. The van der Waals surface area contributed by atoms with Gasteiger partial charge in [0, 0.05) is 34.9 Å². The number of nitrogens with zero attached hydrogens (tertiary/aromatic N) is 2. The van der Waals surface area contributed by atoms with Crippen LogP contribution in [0.1, 0.15) is 172 Å². The van der Waals surface area contributed by atoms with Gasteiger partial charge in [-0.2, -0.15) is 0 Å². The number of hydrogen-bond donors (Lipinski definition) is 4. The van der Waals surface area contributed by atoms with Crippen LogP contribution in [0.25, 0.3) is 22.3 Å². The highest BCUT2D eigenvalue weighted by Gasteiger charge is 2.31. The highest BCUT2D eigenvalue weighted by molar-refractivity contribution is 5.91. The summed E-state index contributed by atoms with van der Waals surface area (Å²) in [5.41, 5.74) is 3.16. The normalized spacial score (nSPS) is 13.0. The quantitative estimate of drug-likeness (QED) is 0.0173. The second-order valence-electron chi connectivity index (χ2n) is 16.7. The topological polar surface area (TPSA) is 237 Å². The molecule has 1 aliphatic rings.